The Bertz CT molecular complexity index is 764. The lowest BCUT2D eigenvalue weighted by Crippen LogP contribution is -1.89. The van der Waals surface area contributed by atoms with Crippen LogP contribution < -0.4 is 0 Å². The molecule has 88 valence electrons. The first-order valence-corrected chi connectivity index (χ1v) is 6.47. The third-order valence-corrected chi connectivity index (χ3v) is 4.12. The summed E-state index contributed by atoms with van der Waals surface area (Å²) >= 11 is 0. The summed E-state index contributed by atoms with van der Waals surface area (Å²) in [6.45, 7) is 4.46. The number of nitrogens with one attached hydrogen (secondary N) is 1. The fraction of sp³-hybridized carbons (Fsp3) is 0.176. The second-order valence-electron chi connectivity index (χ2n) is 5.27. The first-order valence-electron chi connectivity index (χ1n) is 6.47. The molecule has 1 aromatic heterocycles. The number of fused-ring (bicyclic) bond motifs is 5. The van der Waals surface area contributed by atoms with Crippen molar-refractivity contribution in [3.63, 3.8) is 0 Å². The van der Waals surface area contributed by atoms with Gasteiger partial charge in [-0.05, 0) is 30.2 Å². The highest BCUT2D eigenvalue weighted by atomic mass is 14.7. The lowest BCUT2D eigenvalue weighted by atomic mass is 9.97. The molecule has 0 amide bonds. The Morgan fingerprint density at radius 1 is 1.06 bits per heavy atom. The van der Waals surface area contributed by atoms with Crippen molar-refractivity contribution in [1.29, 1.82) is 0 Å². The molecular formula is C17H15N. The van der Waals surface area contributed by atoms with Crippen molar-refractivity contribution in [2.75, 3.05) is 0 Å². The highest BCUT2D eigenvalue weighted by molar-refractivity contribution is 5.95. The molecule has 1 aliphatic carbocycles. The molecule has 0 bridgehead atoms. The van der Waals surface area contributed by atoms with Crippen LogP contribution in [-0.4, -0.2) is 4.98 Å². The first-order chi connectivity index (χ1) is 8.75. The van der Waals surface area contributed by atoms with Gasteiger partial charge in [0.2, 0.25) is 0 Å². The number of aromatic amines is 1. The number of aromatic nitrogens is 1. The summed E-state index contributed by atoms with van der Waals surface area (Å²) in [5, 5.41) is 1.37. The Morgan fingerprint density at radius 3 is 2.78 bits per heavy atom. The molecule has 3 aromatic rings. The van der Waals surface area contributed by atoms with Gasteiger partial charge in [-0.25, -0.2) is 0 Å². The number of hydrogen-bond acceptors (Lipinski definition) is 0. The third-order valence-electron chi connectivity index (χ3n) is 4.12. The van der Waals surface area contributed by atoms with Gasteiger partial charge in [0, 0.05) is 22.4 Å². The second kappa shape index (κ2) is 3.26. The summed E-state index contributed by atoms with van der Waals surface area (Å²) in [6, 6.07) is 15.4. The van der Waals surface area contributed by atoms with Crippen LogP contribution in [0.1, 0.15) is 29.5 Å². The van der Waals surface area contributed by atoms with Gasteiger partial charge in [-0.1, -0.05) is 42.8 Å². The van der Waals surface area contributed by atoms with E-state index in [9.17, 15) is 0 Å². The Labute approximate surface area is 106 Å². The number of benzene rings is 2. The van der Waals surface area contributed by atoms with E-state index in [4.69, 9.17) is 0 Å². The minimum atomic E-state index is 0.492. The zero-order valence-corrected chi connectivity index (χ0v) is 10.6. The zero-order valence-electron chi connectivity index (χ0n) is 10.6. The van der Waals surface area contributed by atoms with Gasteiger partial charge in [0.25, 0.3) is 0 Å². The molecule has 1 heterocycles. The summed E-state index contributed by atoms with van der Waals surface area (Å²) in [5.74, 6) is 0.492. The summed E-state index contributed by atoms with van der Waals surface area (Å²) in [7, 11) is 0. The van der Waals surface area contributed by atoms with E-state index in [0.29, 0.717) is 5.92 Å². The third kappa shape index (κ3) is 1.11. The van der Waals surface area contributed by atoms with Crippen LogP contribution in [-0.2, 0) is 0 Å². The normalized spacial score (nSPS) is 16.9. The van der Waals surface area contributed by atoms with Crippen LogP contribution in [0.15, 0.2) is 42.5 Å². The van der Waals surface area contributed by atoms with Gasteiger partial charge in [-0.2, -0.15) is 0 Å². The van der Waals surface area contributed by atoms with Crippen molar-refractivity contribution < 1.29 is 0 Å². The van der Waals surface area contributed by atoms with Gasteiger partial charge in [-0.15, -0.1) is 0 Å². The minimum absolute atomic E-state index is 0.492. The SMILES string of the molecule is Cc1ccc2c(c1)-c1[nH]c3ccccc3c1C2C. The predicted octanol–water partition coefficient (Wildman–Crippen LogP) is 4.61. The molecular weight excluding hydrogens is 218 g/mol. The number of aryl methyl sites for hydroxylation is 1. The van der Waals surface area contributed by atoms with Crippen LogP contribution in [0.25, 0.3) is 22.2 Å². The molecule has 0 aliphatic heterocycles. The molecule has 4 rings (SSSR count). The van der Waals surface area contributed by atoms with Gasteiger partial charge in [0.1, 0.15) is 0 Å². The van der Waals surface area contributed by atoms with Crippen molar-refractivity contribution in [2.45, 2.75) is 19.8 Å². The predicted molar refractivity (Wildman–Crippen MR) is 76.0 cm³/mol. The van der Waals surface area contributed by atoms with Crippen LogP contribution >= 0.6 is 0 Å². The Kier molecular flexibility index (Phi) is 1.80. The van der Waals surface area contributed by atoms with Gasteiger partial charge < -0.3 is 4.98 Å². The monoisotopic (exact) mass is 233 g/mol. The molecule has 1 heteroatoms. The number of rotatable bonds is 0. The fourth-order valence-corrected chi connectivity index (χ4v) is 3.25. The molecule has 0 saturated carbocycles. The van der Waals surface area contributed by atoms with Crippen molar-refractivity contribution in [2.24, 2.45) is 0 Å². The largest absolute Gasteiger partial charge is 0.354 e. The smallest absolute Gasteiger partial charge is 0.0506 e. The maximum atomic E-state index is 3.59. The Balaban J connectivity index is 2.13. The molecule has 18 heavy (non-hydrogen) atoms. The molecule has 1 atom stereocenters. The number of para-hydroxylation sites is 1. The lowest BCUT2D eigenvalue weighted by molar-refractivity contribution is 0.967. The highest BCUT2D eigenvalue weighted by Gasteiger charge is 2.28. The van der Waals surface area contributed by atoms with E-state index in [1.54, 1.807) is 0 Å². The maximum absolute atomic E-state index is 3.59. The standard InChI is InChI=1S/C17H15N/c1-10-7-8-12-11(2)16-13-5-3-4-6-15(13)18-17(16)14(12)9-10/h3-9,11,18H,1-2H3. The molecule has 0 radical (unpaired) electrons. The minimum Gasteiger partial charge on any atom is -0.354 e. The summed E-state index contributed by atoms with van der Waals surface area (Å²) < 4.78 is 0. The van der Waals surface area contributed by atoms with E-state index in [1.807, 2.05) is 0 Å². The lowest BCUT2D eigenvalue weighted by Gasteiger charge is -2.07. The van der Waals surface area contributed by atoms with E-state index < -0.39 is 0 Å². The van der Waals surface area contributed by atoms with Crippen LogP contribution in [0.3, 0.4) is 0 Å². The highest BCUT2D eigenvalue weighted by Crippen LogP contribution is 2.47. The Hall–Kier alpha value is -2.02. The molecule has 2 aromatic carbocycles. The molecule has 0 fully saturated rings. The van der Waals surface area contributed by atoms with Gasteiger partial charge >= 0.3 is 0 Å². The van der Waals surface area contributed by atoms with Crippen LogP contribution in [0.4, 0.5) is 0 Å². The molecule has 1 aliphatic rings. The molecule has 1 nitrogen and oxygen atoms in total. The van der Waals surface area contributed by atoms with Crippen molar-refractivity contribution in [3.05, 3.63) is 59.2 Å². The van der Waals surface area contributed by atoms with E-state index in [-0.39, 0.29) is 0 Å². The Morgan fingerprint density at radius 2 is 1.89 bits per heavy atom. The van der Waals surface area contributed by atoms with E-state index in [0.717, 1.165) is 0 Å². The average molecular weight is 233 g/mol. The number of hydrogen-bond donors (Lipinski definition) is 1. The molecule has 0 spiro atoms. The van der Waals surface area contributed by atoms with Gasteiger partial charge in [0.05, 0.1) is 5.69 Å². The average Bonchev–Trinajstić information content (AvgIpc) is 2.87. The first kappa shape index (κ1) is 9.95. The molecule has 1 unspecified atom stereocenters. The maximum Gasteiger partial charge on any atom is 0.0506 e. The van der Waals surface area contributed by atoms with Crippen molar-refractivity contribution in [1.82, 2.24) is 4.98 Å². The van der Waals surface area contributed by atoms with E-state index >= 15 is 0 Å². The summed E-state index contributed by atoms with van der Waals surface area (Å²) in [5.41, 5.74) is 8.20. The van der Waals surface area contributed by atoms with Gasteiger partial charge in [0.15, 0.2) is 0 Å². The van der Waals surface area contributed by atoms with E-state index in [1.165, 1.54) is 38.9 Å². The van der Waals surface area contributed by atoms with Gasteiger partial charge in [-0.3, -0.25) is 0 Å². The zero-order chi connectivity index (χ0) is 12.3. The van der Waals surface area contributed by atoms with Crippen LogP contribution in [0.5, 0.6) is 0 Å². The van der Waals surface area contributed by atoms with Crippen LogP contribution in [0.2, 0.25) is 0 Å². The summed E-state index contributed by atoms with van der Waals surface area (Å²) in [4.78, 5) is 3.59. The second-order valence-corrected chi connectivity index (χ2v) is 5.27. The van der Waals surface area contributed by atoms with Crippen molar-refractivity contribution in [3.8, 4) is 11.3 Å². The fourth-order valence-electron chi connectivity index (χ4n) is 3.25. The van der Waals surface area contributed by atoms with E-state index in [2.05, 4.69) is 61.3 Å². The quantitative estimate of drug-likeness (QED) is 0.583. The molecule has 0 saturated heterocycles. The molecule has 1 N–H and O–H groups in total. The topological polar surface area (TPSA) is 15.8 Å². The summed E-state index contributed by atoms with van der Waals surface area (Å²) in [6.07, 6.45) is 0. The number of H-pyrrole nitrogens is 1. The van der Waals surface area contributed by atoms with Crippen molar-refractivity contribution >= 4 is 10.9 Å². The van der Waals surface area contributed by atoms with Crippen LogP contribution in [0, 0.1) is 6.92 Å².